The zero-order valence-electron chi connectivity index (χ0n) is 16.6. The molecule has 4 amide bonds. The van der Waals surface area contributed by atoms with Crippen LogP contribution in [0.15, 0.2) is 30.3 Å². The minimum atomic E-state index is -0.625. The number of rotatable bonds is 7. The maximum absolute atomic E-state index is 12.5. The second-order valence-corrected chi connectivity index (χ2v) is 8.13. The van der Waals surface area contributed by atoms with Gasteiger partial charge in [-0.25, -0.2) is 4.79 Å². The number of amides is 4. The Morgan fingerprint density at radius 3 is 2.75 bits per heavy atom. The molecule has 28 heavy (non-hydrogen) atoms. The van der Waals surface area contributed by atoms with Crippen LogP contribution >= 0.6 is 0 Å². The number of imide groups is 1. The van der Waals surface area contributed by atoms with E-state index in [9.17, 15) is 14.4 Å². The van der Waals surface area contributed by atoms with Crippen molar-refractivity contribution in [2.24, 2.45) is 0 Å². The van der Waals surface area contributed by atoms with Crippen molar-refractivity contribution >= 4 is 17.8 Å². The van der Waals surface area contributed by atoms with Gasteiger partial charge >= 0.3 is 6.03 Å². The fraction of sp³-hybridized carbons (Fsp3) is 0.571. The highest BCUT2D eigenvalue weighted by Gasteiger charge is 2.37. The fourth-order valence-electron chi connectivity index (χ4n) is 3.80. The highest BCUT2D eigenvalue weighted by molar-refractivity contribution is 6.04. The first-order valence-electron chi connectivity index (χ1n) is 9.93. The van der Waals surface area contributed by atoms with Crippen molar-refractivity contribution in [3.8, 4) is 0 Å². The quantitative estimate of drug-likeness (QED) is 0.701. The molecule has 152 valence electrons. The molecule has 1 aromatic rings. The Kier molecular flexibility index (Phi) is 6.34. The Bertz CT molecular complexity index is 720. The molecule has 0 aliphatic carbocycles. The normalized spacial score (nSPS) is 24.1. The molecule has 2 fully saturated rings. The standard InChI is InChI=1S/C21H29N3O4/c1-21(2)14-16(11-13-28-21)22-18(25)9-8-17-19(26)24(20(27)23-17)12-10-15-6-4-3-5-7-15/h3-7,16-17H,8-14H2,1-2H3,(H,22,25)(H,23,27)/t16-,17+/m0/s1. The molecule has 2 aliphatic rings. The molecule has 3 rings (SSSR count). The first-order chi connectivity index (χ1) is 13.3. The van der Waals surface area contributed by atoms with Crippen molar-refractivity contribution in [2.45, 2.75) is 63.6 Å². The minimum Gasteiger partial charge on any atom is -0.375 e. The van der Waals surface area contributed by atoms with Gasteiger partial charge in [0, 0.05) is 25.6 Å². The molecule has 0 radical (unpaired) electrons. The third-order valence-electron chi connectivity index (χ3n) is 5.30. The molecular weight excluding hydrogens is 358 g/mol. The minimum absolute atomic E-state index is 0.0903. The van der Waals surface area contributed by atoms with Gasteiger partial charge in [-0.3, -0.25) is 14.5 Å². The van der Waals surface area contributed by atoms with Crippen LogP contribution in [0, 0.1) is 0 Å². The number of nitrogens with one attached hydrogen (secondary N) is 2. The molecule has 7 nitrogen and oxygen atoms in total. The van der Waals surface area contributed by atoms with Gasteiger partial charge in [0.1, 0.15) is 6.04 Å². The van der Waals surface area contributed by atoms with Gasteiger partial charge in [0.05, 0.1) is 5.60 Å². The van der Waals surface area contributed by atoms with Gasteiger partial charge in [0.25, 0.3) is 5.91 Å². The molecule has 0 unspecified atom stereocenters. The molecule has 1 aromatic carbocycles. The molecule has 7 heteroatoms. The molecular formula is C21H29N3O4. The van der Waals surface area contributed by atoms with Gasteiger partial charge < -0.3 is 15.4 Å². The van der Waals surface area contributed by atoms with E-state index in [1.165, 1.54) is 4.90 Å². The van der Waals surface area contributed by atoms with E-state index < -0.39 is 6.04 Å². The summed E-state index contributed by atoms with van der Waals surface area (Å²) in [5.74, 6) is -0.339. The van der Waals surface area contributed by atoms with Crippen molar-refractivity contribution in [3.05, 3.63) is 35.9 Å². The molecule has 0 aromatic heterocycles. The second-order valence-electron chi connectivity index (χ2n) is 8.13. The molecule has 0 spiro atoms. The summed E-state index contributed by atoms with van der Waals surface area (Å²) in [5, 5.41) is 5.73. The number of benzene rings is 1. The molecule has 2 heterocycles. The molecule has 2 saturated heterocycles. The number of nitrogens with zero attached hydrogens (tertiary/aromatic N) is 1. The predicted molar refractivity (Wildman–Crippen MR) is 105 cm³/mol. The smallest absolute Gasteiger partial charge is 0.324 e. The van der Waals surface area contributed by atoms with E-state index >= 15 is 0 Å². The van der Waals surface area contributed by atoms with Gasteiger partial charge in [0.2, 0.25) is 5.91 Å². The molecule has 0 bridgehead atoms. The van der Waals surface area contributed by atoms with Crippen molar-refractivity contribution in [3.63, 3.8) is 0 Å². The SMILES string of the molecule is CC1(C)C[C@@H](NC(=O)CC[C@H]2NC(=O)N(CCc3ccccc3)C2=O)CCO1. The molecule has 0 saturated carbocycles. The van der Waals surface area contributed by atoms with Crippen LogP contribution in [0.5, 0.6) is 0 Å². The largest absolute Gasteiger partial charge is 0.375 e. The average Bonchev–Trinajstić information content (AvgIpc) is 2.91. The van der Waals surface area contributed by atoms with Crippen molar-refractivity contribution < 1.29 is 19.1 Å². The Labute approximate surface area is 165 Å². The third kappa shape index (κ3) is 5.32. The summed E-state index contributed by atoms with van der Waals surface area (Å²) in [6, 6.07) is 8.82. The summed E-state index contributed by atoms with van der Waals surface area (Å²) in [7, 11) is 0. The monoisotopic (exact) mass is 387 g/mol. The van der Waals surface area contributed by atoms with Crippen molar-refractivity contribution in [1.29, 1.82) is 0 Å². The van der Waals surface area contributed by atoms with Gasteiger partial charge in [0.15, 0.2) is 0 Å². The summed E-state index contributed by atoms with van der Waals surface area (Å²) >= 11 is 0. The maximum Gasteiger partial charge on any atom is 0.324 e. The summed E-state index contributed by atoms with van der Waals surface area (Å²) < 4.78 is 5.66. The number of hydrogen-bond acceptors (Lipinski definition) is 4. The van der Waals surface area contributed by atoms with Crippen LogP contribution in [0.1, 0.15) is 45.1 Å². The first-order valence-corrected chi connectivity index (χ1v) is 9.93. The highest BCUT2D eigenvalue weighted by atomic mass is 16.5. The lowest BCUT2D eigenvalue weighted by Gasteiger charge is -2.35. The lowest BCUT2D eigenvalue weighted by Crippen LogP contribution is -2.46. The predicted octanol–water partition coefficient (Wildman–Crippen LogP) is 2.00. The topological polar surface area (TPSA) is 87.7 Å². The average molecular weight is 387 g/mol. The van der Waals surface area contributed by atoms with Gasteiger partial charge in [-0.15, -0.1) is 0 Å². The number of ether oxygens (including phenoxy) is 1. The fourth-order valence-corrected chi connectivity index (χ4v) is 3.80. The van der Waals surface area contributed by atoms with Crippen LogP contribution < -0.4 is 10.6 Å². The van der Waals surface area contributed by atoms with E-state index in [2.05, 4.69) is 10.6 Å². The summed E-state index contributed by atoms with van der Waals surface area (Å²) in [4.78, 5) is 38.2. The van der Waals surface area contributed by atoms with E-state index in [-0.39, 0.29) is 35.9 Å². The van der Waals surface area contributed by atoms with E-state index in [0.29, 0.717) is 26.0 Å². The van der Waals surface area contributed by atoms with Crippen LogP contribution in [-0.4, -0.2) is 53.6 Å². The van der Waals surface area contributed by atoms with Crippen LogP contribution in [0.4, 0.5) is 4.79 Å². The first kappa shape index (κ1) is 20.3. The van der Waals surface area contributed by atoms with Gasteiger partial charge in [-0.2, -0.15) is 0 Å². The maximum atomic E-state index is 12.5. The third-order valence-corrected chi connectivity index (χ3v) is 5.30. The Morgan fingerprint density at radius 2 is 2.04 bits per heavy atom. The lowest BCUT2D eigenvalue weighted by molar-refractivity contribution is -0.128. The van der Waals surface area contributed by atoms with Crippen LogP contribution in [-0.2, 0) is 20.7 Å². The summed E-state index contributed by atoms with van der Waals surface area (Å²) in [5.41, 5.74) is 0.843. The van der Waals surface area contributed by atoms with E-state index in [1.54, 1.807) is 0 Å². The Balaban J connectivity index is 1.44. The second kappa shape index (κ2) is 8.73. The number of carbonyl (C=O) groups excluding carboxylic acids is 3. The zero-order valence-corrected chi connectivity index (χ0v) is 16.6. The highest BCUT2D eigenvalue weighted by Crippen LogP contribution is 2.24. The number of hydrogen-bond donors (Lipinski definition) is 2. The van der Waals surface area contributed by atoms with Crippen LogP contribution in [0.3, 0.4) is 0 Å². The molecule has 2 atom stereocenters. The van der Waals surface area contributed by atoms with Crippen molar-refractivity contribution in [2.75, 3.05) is 13.2 Å². The van der Waals surface area contributed by atoms with E-state index in [4.69, 9.17) is 4.74 Å². The van der Waals surface area contributed by atoms with Crippen LogP contribution in [0.2, 0.25) is 0 Å². The van der Waals surface area contributed by atoms with Gasteiger partial charge in [-0.1, -0.05) is 30.3 Å². The summed E-state index contributed by atoms with van der Waals surface area (Å²) in [6.07, 6.45) is 2.70. The summed E-state index contributed by atoms with van der Waals surface area (Å²) in [6.45, 7) is 5.00. The number of carbonyl (C=O) groups is 3. The zero-order chi connectivity index (χ0) is 20.1. The van der Waals surface area contributed by atoms with Gasteiger partial charge in [-0.05, 0) is 45.1 Å². The lowest BCUT2D eigenvalue weighted by atomic mass is 9.94. The molecule has 2 N–H and O–H groups in total. The van der Waals surface area contributed by atoms with E-state index in [0.717, 1.165) is 18.4 Å². The molecule has 2 aliphatic heterocycles. The Morgan fingerprint density at radius 1 is 1.29 bits per heavy atom. The van der Waals surface area contributed by atoms with Crippen molar-refractivity contribution in [1.82, 2.24) is 15.5 Å². The number of urea groups is 1. The van der Waals surface area contributed by atoms with E-state index in [1.807, 2.05) is 44.2 Å². The Hall–Kier alpha value is -2.41. The van der Waals surface area contributed by atoms with Crippen LogP contribution in [0.25, 0.3) is 0 Å².